The molecule has 2 saturated heterocycles. The summed E-state index contributed by atoms with van der Waals surface area (Å²) in [6.45, 7) is 3.71. The number of carbonyl (C=O) groups excluding carboxylic acids is 1. The van der Waals surface area contributed by atoms with Gasteiger partial charge in [-0.25, -0.2) is 16.8 Å². The first kappa shape index (κ1) is 22.2. The van der Waals surface area contributed by atoms with E-state index in [1.165, 1.54) is 10.6 Å². The number of amides is 1. The lowest BCUT2D eigenvalue weighted by Gasteiger charge is -2.38. The van der Waals surface area contributed by atoms with E-state index < -0.39 is 19.9 Å². The molecule has 0 N–H and O–H groups in total. The van der Waals surface area contributed by atoms with E-state index in [-0.39, 0.29) is 22.5 Å². The van der Waals surface area contributed by atoms with Crippen LogP contribution in [0, 0.1) is 5.92 Å². The third-order valence-corrected chi connectivity index (χ3v) is 8.48. The van der Waals surface area contributed by atoms with Crippen LogP contribution in [0.5, 0.6) is 0 Å². The zero-order chi connectivity index (χ0) is 21.1. The van der Waals surface area contributed by atoms with Crippen molar-refractivity contribution in [2.45, 2.75) is 17.7 Å². The Labute approximate surface area is 173 Å². The summed E-state index contributed by atoms with van der Waals surface area (Å²) in [4.78, 5) is 17.0. The molecule has 162 valence electrons. The molecule has 29 heavy (non-hydrogen) atoms. The lowest BCUT2D eigenvalue weighted by Crippen LogP contribution is -2.52. The van der Waals surface area contributed by atoms with Crippen molar-refractivity contribution in [2.75, 3.05) is 57.8 Å². The minimum absolute atomic E-state index is 0.0875. The summed E-state index contributed by atoms with van der Waals surface area (Å²) in [5.74, 6) is 0.0688. The summed E-state index contributed by atoms with van der Waals surface area (Å²) in [6, 6.07) is 8.38. The standard InChI is InChI=1S/C19H29N3O5S2/c1-28(24,25)16-15-20-11-13-21(14-12-20)19(23)17-7-9-22(10-8-17)29(26,27)18-5-3-2-4-6-18/h2-6,17H,7-16H2,1H3. The van der Waals surface area contributed by atoms with E-state index in [2.05, 4.69) is 4.90 Å². The van der Waals surface area contributed by atoms with Crippen LogP contribution in [0.25, 0.3) is 0 Å². The first-order chi connectivity index (χ1) is 13.7. The highest BCUT2D eigenvalue weighted by atomic mass is 32.2. The van der Waals surface area contributed by atoms with Crippen LogP contribution in [0.15, 0.2) is 35.2 Å². The molecule has 1 amide bonds. The molecule has 2 aliphatic rings. The van der Waals surface area contributed by atoms with Crippen LogP contribution in [0.3, 0.4) is 0 Å². The second-order valence-corrected chi connectivity index (χ2v) is 12.0. The third kappa shape index (κ3) is 5.78. The molecule has 2 fully saturated rings. The average Bonchev–Trinajstić information content (AvgIpc) is 2.72. The minimum Gasteiger partial charge on any atom is -0.340 e. The lowest BCUT2D eigenvalue weighted by atomic mass is 9.96. The summed E-state index contributed by atoms with van der Waals surface area (Å²) in [5, 5.41) is 0. The molecule has 0 atom stereocenters. The van der Waals surface area contributed by atoms with Gasteiger partial charge in [-0.1, -0.05) is 18.2 Å². The largest absolute Gasteiger partial charge is 0.340 e. The fourth-order valence-electron chi connectivity index (χ4n) is 3.83. The molecule has 3 rings (SSSR count). The van der Waals surface area contributed by atoms with E-state index in [9.17, 15) is 21.6 Å². The van der Waals surface area contributed by atoms with Gasteiger partial charge >= 0.3 is 0 Å². The highest BCUT2D eigenvalue weighted by molar-refractivity contribution is 7.90. The first-order valence-electron chi connectivity index (χ1n) is 9.91. The summed E-state index contributed by atoms with van der Waals surface area (Å²) in [6.07, 6.45) is 2.29. The highest BCUT2D eigenvalue weighted by Crippen LogP contribution is 2.25. The Morgan fingerprint density at radius 2 is 1.52 bits per heavy atom. The maximum atomic E-state index is 12.8. The molecule has 0 spiro atoms. The van der Waals surface area contributed by atoms with Crippen molar-refractivity contribution in [2.24, 2.45) is 5.92 Å². The molecule has 8 nitrogen and oxygen atoms in total. The van der Waals surface area contributed by atoms with Gasteiger partial charge in [0, 0.05) is 58.0 Å². The molecule has 2 heterocycles. The number of piperidine rings is 1. The van der Waals surface area contributed by atoms with Crippen LogP contribution in [-0.2, 0) is 24.7 Å². The van der Waals surface area contributed by atoms with Gasteiger partial charge < -0.3 is 4.90 Å². The molecular weight excluding hydrogens is 414 g/mol. The number of carbonyl (C=O) groups is 1. The van der Waals surface area contributed by atoms with Gasteiger partial charge in [0.25, 0.3) is 0 Å². The molecule has 2 aliphatic heterocycles. The first-order valence-corrected chi connectivity index (χ1v) is 13.4. The van der Waals surface area contributed by atoms with Gasteiger partial charge in [0.2, 0.25) is 15.9 Å². The maximum absolute atomic E-state index is 12.8. The fraction of sp³-hybridized carbons (Fsp3) is 0.632. The monoisotopic (exact) mass is 443 g/mol. The van der Waals surface area contributed by atoms with Gasteiger partial charge in [0.1, 0.15) is 9.84 Å². The van der Waals surface area contributed by atoms with E-state index in [4.69, 9.17) is 0 Å². The summed E-state index contributed by atoms with van der Waals surface area (Å²) in [7, 11) is -6.49. The highest BCUT2D eigenvalue weighted by Gasteiger charge is 2.34. The molecule has 0 aromatic heterocycles. The van der Waals surface area contributed by atoms with Crippen molar-refractivity contribution in [3.05, 3.63) is 30.3 Å². The summed E-state index contributed by atoms with van der Waals surface area (Å²) < 4.78 is 49.5. The molecule has 10 heteroatoms. The molecule has 1 aromatic rings. The van der Waals surface area contributed by atoms with Crippen LogP contribution in [0.1, 0.15) is 12.8 Å². The smallest absolute Gasteiger partial charge is 0.243 e. The van der Waals surface area contributed by atoms with Gasteiger partial charge in [-0.15, -0.1) is 0 Å². The second kappa shape index (κ2) is 9.11. The Bertz CT molecular complexity index is 902. The SMILES string of the molecule is CS(=O)(=O)CCN1CCN(C(=O)C2CCN(S(=O)(=O)c3ccccc3)CC2)CC1. The van der Waals surface area contributed by atoms with E-state index in [1.807, 2.05) is 4.90 Å². The predicted octanol–water partition coefficient (Wildman–Crippen LogP) is 0.276. The molecular formula is C19H29N3O5S2. The maximum Gasteiger partial charge on any atom is 0.243 e. The molecule has 0 bridgehead atoms. The van der Waals surface area contributed by atoms with E-state index in [1.54, 1.807) is 30.3 Å². The molecule has 0 aliphatic carbocycles. The molecule has 0 saturated carbocycles. The summed E-state index contributed by atoms with van der Waals surface area (Å²) >= 11 is 0. The number of nitrogens with zero attached hydrogens (tertiary/aromatic N) is 3. The van der Waals surface area contributed by atoms with Gasteiger partial charge in [-0.05, 0) is 25.0 Å². The summed E-state index contributed by atoms with van der Waals surface area (Å²) in [5.41, 5.74) is 0. The quantitative estimate of drug-likeness (QED) is 0.627. The van der Waals surface area contributed by atoms with E-state index >= 15 is 0 Å². The van der Waals surface area contributed by atoms with Gasteiger partial charge in [-0.2, -0.15) is 4.31 Å². The zero-order valence-corrected chi connectivity index (χ0v) is 18.4. The van der Waals surface area contributed by atoms with E-state index in [0.29, 0.717) is 58.7 Å². The molecule has 0 unspecified atom stereocenters. The lowest BCUT2D eigenvalue weighted by molar-refractivity contribution is -0.138. The Balaban J connectivity index is 1.48. The normalized spacial score (nSPS) is 20.7. The van der Waals surface area contributed by atoms with Crippen LogP contribution < -0.4 is 0 Å². The zero-order valence-electron chi connectivity index (χ0n) is 16.7. The van der Waals surface area contributed by atoms with Gasteiger partial charge in [-0.3, -0.25) is 9.69 Å². The number of piperazine rings is 1. The Kier molecular flexibility index (Phi) is 6.98. The van der Waals surface area contributed by atoms with Gasteiger partial charge in [0.05, 0.1) is 10.6 Å². The van der Waals surface area contributed by atoms with Crippen molar-refractivity contribution in [1.29, 1.82) is 0 Å². The number of rotatable bonds is 6. The molecule has 0 radical (unpaired) electrons. The number of sulfone groups is 1. The average molecular weight is 444 g/mol. The number of hydrogen-bond donors (Lipinski definition) is 0. The van der Waals surface area contributed by atoms with Crippen molar-refractivity contribution in [3.63, 3.8) is 0 Å². The Morgan fingerprint density at radius 1 is 0.931 bits per heavy atom. The number of sulfonamides is 1. The number of benzene rings is 1. The topological polar surface area (TPSA) is 95.1 Å². The van der Waals surface area contributed by atoms with Crippen LogP contribution >= 0.6 is 0 Å². The minimum atomic E-state index is -3.51. The van der Waals surface area contributed by atoms with Crippen molar-refractivity contribution < 1.29 is 21.6 Å². The van der Waals surface area contributed by atoms with Crippen molar-refractivity contribution in [1.82, 2.24) is 14.1 Å². The Morgan fingerprint density at radius 3 is 2.07 bits per heavy atom. The fourth-order valence-corrected chi connectivity index (χ4v) is 5.91. The van der Waals surface area contributed by atoms with Crippen LogP contribution in [0.4, 0.5) is 0 Å². The number of hydrogen-bond acceptors (Lipinski definition) is 6. The Hall–Kier alpha value is -1.49. The third-order valence-electron chi connectivity index (χ3n) is 5.65. The van der Waals surface area contributed by atoms with E-state index in [0.717, 1.165) is 0 Å². The van der Waals surface area contributed by atoms with Crippen LogP contribution in [-0.4, -0.2) is 94.7 Å². The molecule has 1 aromatic carbocycles. The van der Waals surface area contributed by atoms with Crippen molar-refractivity contribution in [3.8, 4) is 0 Å². The second-order valence-electron chi connectivity index (χ2n) is 7.79. The van der Waals surface area contributed by atoms with Gasteiger partial charge in [0.15, 0.2) is 0 Å². The van der Waals surface area contributed by atoms with Crippen molar-refractivity contribution >= 4 is 25.8 Å². The predicted molar refractivity (Wildman–Crippen MR) is 111 cm³/mol. The van der Waals surface area contributed by atoms with Crippen LogP contribution in [0.2, 0.25) is 0 Å².